The summed E-state index contributed by atoms with van der Waals surface area (Å²) in [5.41, 5.74) is 0.970. The molecule has 0 amide bonds. The van der Waals surface area contributed by atoms with E-state index in [0.29, 0.717) is 28.6 Å². The van der Waals surface area contributed by atoms with Crippen molar-refractivity contribution in [2.45, 2.75) is 19.9 Å². The molecular formula is C19H17FN2O4. The molecule has 26 heavy (non-hydrogen) atoms. The van der Waals surface area contributed by atoms with Crippen molar-refractivity contribution in [2.75, 3.05) is 7.11 Å². The molecule has 1 aromatic carbocycles. The highest BCUT2D eigenvalue weighted by Crippen LogP contribution is 2.22. The van der Waals surface area contributed by atoms with Crippen molar-refractivity contribution in [2.24, 2.45) is 0 Å². The van der Waals surface area contributed by atoms with E-state index in [4.69, 9.17) is 4.74 Å². The van der Waals surface area contributed by atoms with E-state index in [1.165, 1.54) is 4.57 Å². The number of hydrogen-bond donors (Lipinski definition) is 0. The van der Waals surface area contributed by atoms with Crippen molar-refractivity contribution in [3.05, 3.63) is 69.8 Å². The first-order valence-corrected chi connectivity index (χ1v) is 8.06. The van der Waals surface area contributed by atoms with E-state index in [1.54, 1.807) is 44.6 Å². The second-order valence-corrected chi connectivity index (χ2v) is 5.70. The molecule has 0 bridgehead atoms. The largest absolute Gasteiger partial charge is 0.497 e. The minimum absolute atomic E-state index is 0.208. The average Bonchev–Trinajstić information content (AvgIpc) is 2.69. The zero-order valence-electron chi connectivity index (χ0n) is 14.4. The second kappa shape index (κ2) is 7.35. The lowest BCUT2D eigenvalue weighted by Crippen LogP contribution is -2.29. The highest BCUT2D eigenvalue weighted by atomic mass is 19.3. The number of fused-ring (bicyclic) bond motifs is 1. The molecule has 0 unspecified atom stereocenters. The van der Waals surface area contributed by atoms with Crippen molar-refractivity contribution in [3.63, 3.8) is 0 Å². The molecule has 0 aliphatic heterocycles. The molecule has 7 heteroatoms. The third-order valence-electron chi connectivity index (χ3n) is 4.30. The van der Waals surface area contributed by atoms with Crippen LogP contribution in [0.25, 0.3) is 10.9 Å². The summed E-state index contributed by atoms with van der Waals surface area (Å²) in [7, 11) is 1.57. The summed E-state index contributed by atoms with van der Waals surface area (Å²) in [6.45, 7) is 1.99. The number of halogens is 1. The molecule has 2 aromatic heterocycles. The second-order valence-electron chi connectivity index (χ2n) is 5.70. The van der Waals surface area contributed by atoms with E-state index >= 15 is 0 Å². The van der Waals surface area contributed by atoms with Gasteiger partial charge in [0.25, 0.3) is 5.56 Å². The first-order chi connectivity index (χ1) is 12.6. The lowest BCUT2D eigenvalue weighted by Gasteiger charge is -2.15. The molecule has 3 aromatic rings. The number of ether oxygens (including phenoxy) is 1. The van der Waals surface area contributed by atoms with Crippen LogP contribution in [0.5, 0.6) is 5.75 Å². The third kappa shape index (κ3) is 3.03. The summed E-state index contributed by atoms with van der Waals surface area (Å²) in [4.78, 5) is 32.3. The maximum Gasteiger partial charge on any atom is 0.385 e. The van der Waals surface area contributed by atoms with E-state index < -0.39 is 11.5 Å². The van der Waals surface area contributed by atoms with Crippen LogP contribution in [-0.2, 0) is 17.9 Å². The molecule has 0 spiro atoms. The summed E-state index contributed by atoms with van der Waals surface area (Å²) in [5.74, 6) is -0.598. The van der Waals surface area contributed by atoms with Crippen LogP contribution < -0.4 is 10.3 Å². The fourth-order valence-corrected chi connectivity index (χ4v) is 3.05. The number of pyridine rings is 2. The van der Waals surface area contributed by atoms with Crippen LogP contribution >= 0.6 is 0 Å². The van der Waals surface area contributed by atoms with Gasteiger partial charge >= 0.3 is 5.97 Å². The number of hydrogen-bond acceptors (Lipinski definition) is 5. The first kappa shape index (κ1) is 17.6. The van der Waals surface area contributed by atoms with Crippen molar-refractivity contribution >= 4 is 16.9 Å². The Labute approximate surface area is 148 Å². The monoisotopic (exact) mass is 356 g/mol. The quantitative estimate of drug-likeness (QED) is 0.703. The predicted octanol–water partition coefficient (Wildman–Crippen LogP) is 3.06. The fraction of sp³-hybridized carbons (Fsp3) is 0.211. The number of carbonyl (C=O) groups is 1. The molecule has 134 valence electrons. The minimum Gasteiger partial charge on any atom is -0.497 e. The third-order valence-corrected chi connectivity index (χ3v) is 4.30. The van der Waals surface area contributed by atoms with Crippen LogP contribution in [0.4, 0.5) is 4.53 Å². The van der Waals surface area contributed by atoms with Crippen LogP contribution in [-0.4, -0.2) is 22.6 Å². The highest BCUT2D eigenvalue weighted by molar-refractivity contribution is 5.96. The normalized spacial score (nSPS) is 10.7. The van der Waals surface area contributed by atoms with Crippen LogP contribution in [0.2, 0.25) is 0 Å². The van der Waals surface area contributed by atoms with E-state index in [2.05, 4.69) is 9.93 Å². The summed E-state index contributed by atoms with van der Waals surface area (Å²) in [6, 6.07) is 8.89. The lowest BCUT2D eigenvalue weighted by molar-refractivity contribution is -0.0790. The summed E-state index contributed by atoms with van der Waals surface area (Å²) < 4.78 is 19.1. The van der Waals surface area contributed by atoms with E-state index in [9.17, 15) is 14.1 Å². The van der Waals surface area contributed by atoms with Gasteiger partial charge in [0.05, 0.1) is 19.2 Å². The van der Waals surface area contributed by atoms with Gasteiger partial charge in [-0.2, -0.15) is 0 Å². The smallest absolute Gasteiger partial charge is 0.385 e. The number of carbonyl (C=O) groups excluding carboxylic acids is 1. The Kier molecular flexibility index (Phi) is 4.97. The molecule has 0 fully saturated rings. The van der Waals surface area contributed by atoms with Gasteiger partial charge in [-0.3, -0.25) is 9.78 Å². The highest BCUT2D eigenvalue weighted by Gasteiger charge is 2.23. The van der Waals surface area contributed by atoms with Crippen molar-refractivity contribution in [1.29, 1.82) is 0 Å². The van der Waals surface area contributed by atoms with Gasteiger partial charge in [0, 0.05) is 22.3 Å². The molecule has 3 rings (SSSR count). The molecule has 0 N–H and O–H groups in total. The molecule has 0 aliphatic carbocycles. The van der Waals surface area contributed by atoms with E-state index in [1.807, 2.05) is 12.1 Å². The molecule has 0 saturated carbocycles. The number of methoxy groups -OCH3 is 1. The molecule has 0 atom stereocenters. The maximum absolute atomic E-state index is 12.9. The van der Waals surface area contributed by atoms with Crippen LogP contribution in [0, 0.1) is 0 Å². The number of benzene rings is 1. The van der Waals surface area contributed by atoms with Gasteiger partial charge < -0.3 is 9.30 Å². The van der Waals surface area contributed by atoms with Crippen LogP contribution in [0.15, 0.2) is 47.5 Å². The van der Waals surface area contributed by atoms with Gasteiger partial charge in [-0.15, -0.1) is 0 Å². The fourth-order valence-electron chi connectivity index (χ4n) is 3.05. The Morgan fingerprint density at radius 2 is 1.96 bits per heavy atom. The summed E-state index contributed by atoms with van der Waals surface area (Å²) in [6.07, 6.45) is 3.50. The Hall–Kier alpha value is -3.22. The van der Waals surface area contributed by atoms with Gasteiger partial charge in [0.15, 0.2) is 0 Å². The number of rotatable bonds is 5. The first-order valence-electron chi connectivity index (χ1n) is 8.06. The predicted molar refractivity (Wildman–Crippen MR) is 94.0 cm³/mol. The topological polar surface area (TPSA) is 70.4 Å². The molecule has 0 saturated heterocycles. The summed E-state index contributed by atoms with van der Waals surface area (Å²) in [5, 5.41) is 0.614. The maximum atomic E-state index is 12.9. The van der Waals surface area contributed by atoms with Gasteiger partial charge in [-0.1, -0.05) is 19.1 Å². The minimum atomic E-state index is -1.29. The number of aromatic nitrogens is 2. The van der Waals surface area contributed by atoms with Gasteiger partial charge in [0.2, 0.25) is 0 Å². The molecule has 0 radical (unpaired) electrons. The molecular weight excluding hydrogens is 339 g/mol. The average molecular weight is 356 g/mol. The SMILES string of the molecule is CCc1c(C(=O)OF)c(=O)n(Cc2ccc(OC)cc2)c2ccncc12. The van der Waals surface area contributed by atoms with Crippen LogP contribution in [0.1, 0.15) is 28.4 Å². The molecule has 2 heterocycles. The van der Waals surface area contributed by atoms with Gasteiger partial charge in [0.1, 0.15) is 11.3 Å². The zero-order chi connectivity index (χ0) is 18.7. The van der Waals surface area contributed by atoms with E-state index in [0.717, 1.165) is 5.56 Å². The van der Waals surface area contributed by atoms with Crippen molar-refractivity contribution < 1.29 is 19.0 Å². The molecule has 6 nitrogen and oxygen atoms in total. The van der Waals surface area contributed by atoms with Crippen LogP contribution in [0.3, 0.4) is 0 Å². The van der Waals surface area contributed by atoms with Crippen molar-refractivity contribution in [1.82, 2.24) is 9.55 Å². The number of nitrogens with zero attached hydrogens (tertiary/aromatic N) is 2. The number of aryl methyl sites for hydroxylation is 1. The Balaban J connectivity index is 2.24. The lowest BCUT2D eigenvalue weighted by atomic mass is 10.0. The molecule has 0 aliphatic rings. The summed E-state index contributed by atoms with van der Waals surface area (Å²) >= 11 is 0. The van der Waals surface area contributed by atoms with Crippen molar-refractivity contribution in [3.8, 4) is 5.75 Å². The van der Waals surface area contributed by atoms with E-state index in [-0.39, 0.29) is 12.1 Å². The Bertz CT molecular complexity index is 1010. The van der Waals surface area contributed by atoms with Gasteiger partial charge in [-0.05, 0) is 35.7 Å². The van der Waals surface area contributed by atoms with Gasteiger partial charge in [-0.25, -0.2) is 9.74 Å². The zero-order valence-corrected chi connectivity index (χ0v) is 14.4. The standard InChI is InChI=1S/C19H17FN2O4/c1-3-14-15-10-21-9-8-16(15)22(18(23)17(14)19(24)26-20)11-12-4-6-13(25-2)7-5-12/h4-10H,3,11H2,1-2H3. The Morgan fingerprint density at radius 1 is 1.23 bits per heavy atom. The Morgan fingerprint density at radius 3 is 2.58 bits per heavy atom.